The number of aromatic amines is 1. The first-order valence-electron chi connectivity index (χ1n) is 8.67. The van der Waals surface area contributed by atoms with E-state index in [1.165, 1.54) is 6.42 Å². The number of carbonyl (C=O) groups is 1. The molecule has 1 aromatic heterocycles. The van der Waals surface area contributed by atoms with Crippen molar-refractivity contribution in [1.82, 2.24) is 14.5 Å². The van der Waals surface area contributed by atoms with Crippen LogP contribution in [0.3, 0.4) is 0 Å². The van der Waals surface area contributed by atoms with Gasteiger partial charge in [-0.3, -0.25) is 14.2 Å². The van der Waals surface area contributed by atoms with Crippen LogP contribution in [0.2, 0.25) is 0 Å². The molecule has 0 unspecified atom stereocenters. The number of nitrogens with one attached hydrogen (secondary N) is 1. The summed E-state index contributed by atoms with van der Waals surface area (Å²) in [4.78, 5) is 30.3. The highest BCUT2D eigenvalue weighted by Gasteiger charge is 2.19. The fraction of sp³-hybridized carbons (Fsp3) is 0.500. The first-order chi connectivity index (χ1) is 12.1. The quantitative estimate of drug-likeness (QED) is 0.657. The molecule has 2 aromatic rings. The van der Waals surface area contributed by atoms with Crippen LogP contribution < -0.4 is 5.56 Å². The van der Waals surface area contributed by atoms with E-state index >= 15 is 0 Å². The average molecular weight is 361 g/mol. The van der Waals surface area contributed by atoms with Gasteiger partial charge in [0.2, 0.25) is 0 Å². The lowest BCUT2D eigenvalue weighted by atomic mass is 10.1. The Bertz CT molecular complexity index is 881. The van der Waals surface area contributed by atoms with Crippen molar-refractivity contribution in [2.45, 2.75) is 32.2 Å². The second-order valence-electron chi connectivity index (χ2n) is 6.35. The minimum absolute atomic E-state index is 0.0187. The summed E-state index contributed by atoms with van der Waals surface area (Å²) in [5.41, 5.74) is 1.07. The molecule has 2 heterocycles. The van der Waals surface area contributed by atoms with Crippen LogP contribution in [-0.4, -0.2) is 47.2 Å². The van der Waals surface area contributed by atoms with Gasteiger partial charge in [-0.15, -0.1) is 0 Å². The van der Waals surface area contributed by atoms with Crippen molar-refractivity contribution in [2.75, 3.05) is 26.8 Å². The van der Waals surface area contributed by atoms with E-state index in [0.29, 0.717) is 40.8 Å². The van der Waals surface area contributed by atoms with E-state index in [0.717, 1.165) is 25.9 Å². The van der Waals surface area contributed by atoms with Crippen molar-refractivity contribution < 1.29 is 9.53 Å². The number of rotatable bonds is 5. The molecule has 1 fully saturated rings. The summed E-state index contributed by atoms with van der Waals surface area (Å²) in [6, 6.07) is 5.19. The lowest BCUT2D eigenvalue weighted by Gasteiger charge is -2.26. The summed E-state index contributed by atoms with van der Waals surface area (Å²) in [5, 5.41) is 0.543. The molecule has 0 saturated carbocycles. The van der Waals surface area contributed by atoms with Crippen LogP contribution in [0.4, 0.5) is 0 Å². The van der Waals surface area contributed by atoms with Crippen molar-refractivity contribution in [3.8, 4) is 0 Å². The third-order valence-electron chi connectivity index (χ3n) is 4.60. The molecule has 0 bridgehead atoms. The van der Waals surface area contributed by atoms with Gasteiger partial charge < -0.3 is 14.6 Å². The van der Waals surface area contributed by atoms with E-state index in [-0.39, 0.29) is 11.5 Å². The zero-order valence-corrected chi connectivity index (χ0v) is 15.2. The molecule has 134 valence electrons. The van der Waals surface area contributed by atoms with Gasteiger partial charge in [-0.25, -0.2) is 0 Å². The molecule has 0 spiro atoms. The number of piperidine rings is 1. The van der Waals surface area contributed by atoms with E-state index in [4.69, 9.17) is 17.0 Å². The van der Waals surface area contributed by atoms with Gasteiger partial charge in [0, 0.05) is 38.9 Å². The Morgan fingerprint density at radius 1 is 1.28 bits per heavy atom. The molecule has 6 nitrogen and oxygen atoms in total. The topological polar surface area (TPSA) is 67.3 Å². The van der Waals surface area contributed by atoms with Crippen LogP contribution >= 0.6 is 12.2 Å². The zero-order chi connectivity index (χ0) is 17.8. The summed E-state index contributed by atoms with van der Waals surface area (Å²) in [6.07, 6.45) is 3.99. The predicted octanol–water partition coefficient (Wildman–Crippen LogP) is 2.72. The van der Waals surface area contributed by atoms with Gasteiger partial charge in [-0.2, -0.15) is 0 Å². The smallest absolute Gasteiger partial charge is 0.262 e. The number of benzene rings is 1. The van der Waals surface area contributed by atoms with Gasteiger partial charge >= 0.3 is 0 Å². The molecule has 1 amide bonds. The van der Waals surface area contributed by atoms with Crippen molar-refractivity contribution in [3.05, 3.63) is 38.9 Å². The minimum atomic E-state index is -0.133. The highest BCUT2D eigenvalue weighted by molar-refractivity contribution is 7.71. The molecule has 3 rings (SSSR count). The molecule has 25 heavy (non-hydrogen) atoms. The molecule has 7 heteroatoms. The van der Waals surface area contributed by atoms with Gasteiger partial charge in [0.25, 0.3) is 11.5 Å². The molecular formula is C18H23N3O3S. The maximum atomic E-state index is 12.7. The third-order valence-corrected chi connectivity index (χ3v) is 4.92. The van der Waals surface area contributed by atoms with Crippen molar-refractivity contribution in [1.29, 1.82) is 0 Å². The highest BCUT2D eigenvalue weighted by atomic mass is 32.1. The molecule has 0 aliphatic carbocycles. The van der Waals surface area contributed by atoms with Crippen LogP contribution in [0.5, 0.6) is 0 Å². The van der Waals surface area contributed by atoms with Crippen molar-refractivity contribution >= 4 is 29.0 Å². The second kappa shape index (κ2) is 7.93. The Hall–Kier alpha value is -1.99. The number of H-pyrrole nitrogens is 1. The van der Waals surface area contributed by atoms with E-state index < -0.39 is 0 Å². The number of carbonyl (C=O) groups excluding carboxylic acids is 1. The number of fused-ring (bicyclic) bond motifs is 1. The van der Waals surface area contributed by atoms with Crippen LogP contribution in [0.15, 0.2) is 23.0 Å². The van der Waals surface area contributed by atoms with Gasteiger partial charge in [-0.1, -0.05) is 0 Å². The monoisotopic (exact) mass is 361 g/mol. The Balaban J connectivity index is 1.93. The summed E-state index contributed by atoms with van der Waals surface area (Å²) < 4.78 is 6.94. The van der Waals surface area contributed by atoms with Gasteiger partial charge in [0.15, 0.2) is 4.77 Å². The lowest BCUT2D eigenvalue weighted by Crippen LogP contribution is -2.35. The number of aromatic nitrogens is 2. The molecule has 1 N–H and O–H groups in total. The van der Waals surface area contributed by atoms with Crippen molar-refractivity contribution in [3.63, 3.8) is 0 Å². The van der Waals surface area contributed by atoms with E-state index in [2.05, 4.69) is 4.98 Å². The Kier molecular flexibility index (Phi) is 5.65. The maximum absolute atomic E-state index is 12.7. The standard InChI is InChI=1S/C18H23N3O3S/c1-24-11-5-10-21-17(23)14-7-6-13(12-15(14)19-18(21)25)16(22)20-8-3-2-4-9-20/h6-7,12H,2-5,8-11H2,1H3,(H,19,25). The molecule has 1 aliphatic heterocycles. The highest BCUT2D eigenvalue weighted by Crippen LogP contribution is 2.16. The Labute approximate surface area is 151 Å². The first-order valence-corrected chi connectivity index (χ1v) is 9.08. The summed E-state index contributed by atoms with van der Waals surface area (Å²) in [7, 11) is 1.63. The Morgan fingerprint density at radius 3 is 2.76 bits per heavy atom. The third kappa shape index (κ3) is 3.82. The van der Waals surface area contributed by atoms with E-state index in [1.54, 1.807) is 29.9 Å². The molecule has 1 aromatic carbocycles. The normalized spacial score (nSPS) is 14.8. The first kappa shape index (κ1) is 17.8. The number of methoxy groups -OCH3 is 1. The number of ether oxygens (including phenoxy) is 1. The number of hydrogen-bond donors (Lipinski definition) is 1. The van der Waals surface area contributed by atoms with E-state index in [1.807, 2.05) is 4.90 Å². The number of hydrogen-bond acceptors (Lipinski definition) is 4. The van der Waals surface area contributed by atoms with Gasteiger partial charge in [0.05, 0.1) is 10.9 Å². The van der Waals surface area contributed by atoms with E-state index in [9.17, 15) is 9.59 Å². The molecule has 1 saturated heterocycles. The fourth-order valence-electron chi connectivity index (χ4n) is 3.24. The minimum Gasteiger partial charge on any atom is -0.385 e. The van der Waals surface area contributed by atoms with Gasteiger partial charge in [0.1, 0.15) is 0 Å². The van der Waals surface area contributed by atoms with Crippen LogP contribution in [0, 0.1) is 4.77 Å². The maximum Gasteiger partial charge on any atom is 0.262 e. The van der Waals surface area contributed by atoms with Crippen LogP contribution in [0.1, 0.15) is 36.0 Å². The summed E-state index contributed by atoms with van der Waals surface area (Å²) in [6.45, 7) is 2.68. The average Bonchev–Trinajstić information content (AvgIpc) is 2.64. The van der Waals surface area contributed by atoms with Crippen LogP contribution in [-0.2, 0) is 11.3 Å². The molecule has 1 aliphatic rings. The number of likely N-dealkylation sites (tertiary alicyclic amines) is 1. The summed E-state index contributed by atoms with van der Waals surface area (Å²) in [5.74, 6) is 0.0187. The largest absolute Gasteiger partial charge is 0.385 e. The van der Waals surface area contributed by atoms with Crippen LogP contribution in [0.25, 0.3) is 10.9 Å². The fourth-order valence-corrected chi connectivity index (χ4v) is 3.52. The molecule has 0 atom stereocenters. The Morgan fingerprint density at radius 2 is 2.04 bits per heavy atom. The molecule has 0 radical (unpaired) electrons. The lowest BCUT2D eigenvalue weighted by molar-refractivity contribution is 0.0724. The molecular weight excluding hydrogens is 338 g/mol. The number of nitrogens with zero attached hydrogens (tertiary/aromatic N) is 2. The van der Waals surface area contributed by atoms with Gasteiger partial charge in [-0.05, 0) is 56.1 Å². The zero-order valence-electron chi connectivity index (χ0n) is 14.4. The SMILES string of the molecule is COCCCn1c(=S)[nH]c2cc(C(=O)N3CCCCC3)ccc2c1=O. The predicted molar refractivity (Wildman–Crippen MR) is 99.6 cm³/mol. The number of amides is 1. The summed E-state index contributed by atoms with van der Waals surface area (Å²) >= 11 is 5.32. The second-order valence-corrected chi connectivity index (χ2v) is 6.73. The van der Waals surface area contributed by atoms with Crippen molar-refractivity contribution in [2.24, 2.45) is 0 Å².